The molecule has 1 aromatic rings. The van der Waals surface area contributed by atoms with Gasteiger partial charge in [0, 0.05) is 5.69 Å². The van der Waals surface area contributed by atoms with E-state index < -0.39 is 0 Å². The average Bonchev–Trinajstić information content (AvgIpc) is 1.93. The largest absolute Gasteiger partial charge is 0.487 e. The first kappa shape index (κ1) is 10.2. The van der Waals surface area contributed by atoms with Gasteiger partial charge in [-0.25, -0.2) is 0 Å². The van der Waals surface area contributed by atoms with Crippen molar-refractivity contribution >= 4 is 17.3 Å². The van der Waals surface area contributed by atoms with Crippen LogP contribution in [-0.4, -0.2) is 5.60 Å². The van der Waals surface area contributed by atoms with E-state index in [0.29, 0.717) is 16.5 Å². The van der Waals surface area contributed by atoms with Crippen molar-refractivity contribution in [3.63, 3.8) is 0 Å². The van der Waals surface area contributed by atoms with Gasteiger partial charge in [-0.15, -0.1) is 0 Å². The molecular formula is C10H14ClNO. The summed E-state index contributed by atoms with van der Waals surface area (Å²) in [7, 11) is 0. The molecule has 1 aromatic carbocycles. The zero-order valence-electron chi connectivity index (χ0n) is 8.10. The normalized spacial score (nSPS) is 11.4. The molecule has 0 aliphatic heterocycles. The van der Waals surface area contributed by atoms with Crippen molar-refractivity contribution in [2.45, 2.75) is 26.4 Å². The van der Waals surface area contributed by atoms with E-state index in [2.05, 4.69) is 0 Å². The van der Waals surface area contributed by atoms with Crippen LogP contribution in [0.15, 0.2) is 18.2 Å². The Morgan fingerprint density at radius 1 is 1.31 bits per heavy atom. The molecule has 0 unspecified atom stereocenters. The molecule has 0 aliphatic rings. The van der Waals surface area contributed by atoms with Gasteiger partial charge in [-0.2, -0.15) is 0 Å². The summed E-state index contributed by atoms with van der Waals surface area (Å²) in [6, 6.07) is 5.23. The van der Waals surface area contributed by atoms with Gasteiger partial charge in [-0.1, -0.05) is 11.6 Å². The first-order valence-corrected chi connectivity index (χ1v) is 4.50. The van der Waals surface area contributed by atoms with Gasteiger partial charge in [-0.3, -0.25) is 0 Å². The highest BCUT2D eigenvalue weighted by molar-refractivity contribution is 6.32. The highest BCUT2D eigenvalue weighted by Gasteiger charge is 2.13. The molecule has 0 saturated heterocycles. The summed E-state index contributed by atoms with van der Waals surface area (Å²) in [6.45, 7) is 5.92. The van der Waals surface area contributed by atoms with Crippen molar-refractivity contribution in [2.75, 3.05) is 5.73 Å². The minimum Gasteiger partial charge on any atom is -0.487 e. The average molecular weight is 200 g/mol. The maximum absolute atomic E-state index is 5.93. The number of rotatable bonds is 1. The van der Waals surface area contributed by atoms with Gasteiger partial charge in [0.15, 0.2) is 0 Å². The van der Waals surface area contributed by atoms with Crippen molar-refractivity contribution in [1.29, 1.82) is 0 Å². The third kappa shape index (κ3) is 3.15. The highest BCUT2D eigenvalue weighted by Crippen LogP contribution is 2.29. The molecule has 0 saturated carbocycles. The van der Waals surface area contributed by atoms with Crippen LogP contribution in [0.25, 0.3) is 0 Å². The van der Waals surface area contributed by atoms with E-state index in [0.717, 1.165) is 0 Å². The van der Waals surface area contributed by atoms with Crippen LogP contribution >= 0.6 is 11.6 Å². The monoisotopic (exact) mass is 199 g/mol. The Labute approximate surface area is 83.6 Å². The number of nitrogen functional groups attached to an aromatic ring is 1. The van der Waals surface area contributed by atoms with Gasteiger partial charge in [0.25, 0.3) is 0 Å². The van der Waals surface area contributed by atoms with Crippen molar-refractivity contribution < 1.29 is 4.74 Å². The van der Waals surface area contributed by atoms with Crippen LogP contribution in [0.1, 0.15) is 20.8 Å². The first-order chi connectivity index (χ1) is 5.88. The molecule has 2 nitrogen and oxygen atoms in total. The minimum atomic E-state index is -0.236. The van der Waals surface area contributed by atoms with Crippen LogP contribution in [0.4, 0.5) is 5.69 Å². The molecule has 13 heavy (non-hydrogen) atoms. The third-order valence-electron chi connectivity index (χ3n) is 1.37. The van der Waals surface area contributed by atoms with E-state index in [1.54, 1.807) is 18.2 Å². The smallest absolute Gasteiger partial charge is 0.138 e. The molecule has 0 aliphatic carbocycles. The summed E-state index contributed by atoms with van der Waals surface area (Å²) in [5.41, 5.74) is 5.96. The van der Waals surface area contributed by atoms with Crippen LogP contribution in [-0.2, 0) is 0 Å². The number of hydrogen-bond acceptors (Lipinski definition) is 2. The Kier molecular flexibility index (Phi) is 2.71. The quantitative estimate of drug-likeness (QED) is 0.706. The van der Waals surface area contributed by atoms with E-state index in [1.165, 1.54) is 0 Å². The van der Waals surface area contributed by atoms with E-state index in [1.807, 2.05) is 20.8 Å². The molecule has 0 radical (unpaired) electrons. The summed E-state index contributed by atoms with van der Waals surface area (Å²) in [4.78, 5) is 0. The zero-order chi connectivity index (χ0) is 10.1. The van der Waals surface area contributed by atoms with E-state index >= 15 is 0 Å². The lowest BCUT2D eigenvalue weighted by Crippen LogP contribution is -2.23. The molecule has 0 spiro atoms. The second-order valence-electron chi connectivity index (χ2n) is 3.90. The lowest BCUT2D eigenvalue weighted by Gasteiger charge is -2.22. The number of nitrogens with two attached hydrogens (primary N) is 1. The third-order valence-corrected chi connectivity index (χ3v) is 1.67. The number of anilines is 1. The topological polar surface area (TPSA) is 35.2 Å². The predicted octanol–water partition coefficient (Wildman–Crippen LogP) is 3.10. The fourth-order valence-electron chi connectivity index (χ4n) is 0.930. The van der Waals surface area contributed by atoms with Crippen molar-refractivity contribution in [2.24, 2.45) is 0 Å². The van der Waals surface area contributed by atoms with E-state index in [-0.39, 0.29) is 5.60 Å². The van der Waals surface area contributed by atoms with Crippen molar-refractivity contribution in [3.8, 4) is 5.75 Å². The number of ether oxygens (including phenoxy) is 1. The Morgan fingerprint density at radius 2 is 1.92 bits per heavy atom. The zero-order valence-corrected chi connectivity index (χ0v) is 8.85. The maximum Gasteiger partial charge on any atom is 0.138 e. The summed E-state index contributed by atoms with van der Waals surface area (Å²) >= 11 is 5.93. The fourth-order valence-corrected chi connectivity index (χ4v) is 1.16. The highest BCUT2D eigenvalue weighted by atomic mass is 35.5. The second kappa shape index (κ2) is 3.46. The SMILES string of the molecule is CC(C)(C)Oc1ccc(N)cc1Cl. The molecule has 0 fully saturated rings. The number of hydrogen-bond donors (Lipinski definition) is 1. The molecule has 72 valence electrons. The molecule has 1 rings (SSSR count). The van der Waals surface area contributed by atoms with Gasteiger partial charge in [-0.05, 0) is 39.0 Å². The van der Waals surface area contributed by atoms with Crippen molar-refractivity contribution in [3.05, 3.63) is 23.2 Å². The lowest BCUT2D eigenvalue weighted by molar-refractivity contribution is 0.131. The van der Waals surface area contributed by atoms with Crippen LogP contribution in [0, 0.1) is 0 Å². The summed E-state index contributed by atoms with van der Waals surface area (Å²) in [5.74, 6) is 0.670. The molecule has 0 heterocycles. The maximum atomic E-state index is 5.93. The molecule has 0 bridgehead atoms. The first-order valence-electron chi connectivity index (χ1n) is 4.12. The van der Waals surface area contributed by atoms with E-state index in [4.69, 9.17) is 22.1 Å². The number of halogens is 1. The Morgan fingerprint density at radius 3 is 2.38 bits per heavy atom. The minimum absolute atomic E-state index is 0.236. The Balaban J connectivity index is 2.90. The van der Waals surface area contributed by atoms with Gasteiger partial charge >= 0.3 is 0 Å². The second-order valence-corrected chi connectivity index (χ2v) is 4.31. The van der Waals surface area contributed by atoms with Gasteiger partial charge in [0.2, 0.25) is 0 Å². The summed E-state index contributed by atoms with van der Waals surface area (Å²) in [5, 5.41) is 0.551. The van der Waals surface area contributed by atoms with Crippen LogP contribution < -0.4 is 10.5 Å². The Bertz CT molecular complexity index is 304. The standard InChI is InChI=1S/C10H14ClNO/c1-10(2,3)13-9-5-4-7(12)6-8(9)11/h4-6H,12H2,1-3H3. The Hall–Kier alpha value is -0.890. The molecule has 0 aromatic heterocycles. The van der Waals surface area contributed by atoms with Gasteiger partial charge in [0.05, 0.1) is 5.02 Å². The summed E-state index contributed by atoms with van der Waals surface area (Å²) in [6.07, 6.45) is 0. The molecule has 0 atom stereocenters. The van der Waals surface area contributed by atoms with Gasteiger partial charge in [0.1, 0.15) is 11.4 Å². The molecule has 0 amide bonds. The molecular weight excluding hydrogens is 186 g/mol. The molecule has 2 N–H and O–H groups in total. The van der Waals surface area contributed by atoms with Crippen LogP contribution in [0.5, 0.6) is 5.75 Å². The molecule has 3 heteroatoms. The van der Waals surface area contributed by atoms with E-state index in [9.17, 15) is 0 Å². The van der Waals surface area contributed by atoms with Crippen LogP contribution in [0.2, 0.25) is 5.02 Å². The predicted molar refractivity (Wildman–Crippen MR) is 56.2 cm³/mol. The number of benzene rings is 1. The lowest BCUT2D eigenvalue weighted by atomic mass is 10.2. The summed E-state index contributed by atoms with van der Waals surface area (Å²) < 4.78 is 5.60. The van der Waals surface area contributed by atoms with Crippen molar-refractivity contribution in [1.82, 2.24) is 0 Å². The fraction of sp³-hybridized carbons (Fsp3) is 0.400. The van der Waals surface area contributed by atoms with Crippen LogP contribution in [0.3, 0.4) is 0 Å². The van der Waals surface area contributed by atoms with Gasteiger partial charge < -0.3 is 10.5 Å².